The third-order valence-corrected chi connectivity index (χ3v) is 4.17. The number of anilines is 3. The fraction of sp³-hybridized carbons (Fsp3) is 0.238. The summed E-state index contributed by atoms with van der Waals surface area (Å²) in [5, 5.41) is 10.7. The highest BCUT2D eigenvalue weighted by Crippen LogP contribution is 2.24. The summed E-state index contributed by atoms with van der Waals surface area (Å²) in [4.78, 5) is 12.8. The molecule has 3 aromatic rings. The molecule has 9 nitrogen and oxygen atoms in total. The quantitative estimate of drug-likeness (QED) is 0.335. The number of rotatable bonds is 8. The Kier molecular flexibility index (Phi) is 7.49. The summed E-state index contributed by atoms with van der Waals surface area (Å²) in [6.07, 6.45) is -4.46. The van der Waals surface area contributed by atoms with E-state index in [1.807, 2.05) is 30.3 Å². The highest BCUT2D eigenvalue weighted by molar-refractivity contribution is 5.70. The summed E-state index contributed by atoms with van der Waals surface area (Å²) in [7, 11) is 0. The van der Waals surface area contributed by atoms with Gasteiger partial charge in [0.1, 0.15) is 18.0 Å². The second kappa shape index (κ2) is 10.5. The van der Waals surface area contributed by atoms with Crippen LogP contribution in [0.4, 0.5) is 30.8 Å². The van der Waals surface area contributed by atoms with E-state index in [4.69, 9.17) is 20.6 Å². The second-order valence-corrected chi connectivity index (χ2v) is 6.72. The van der Waals surface area contributed by atoms with Crippen LogP contribution in [0.15, 0.2) is 54.6 Å². The molecule has 0 aliphatic carbocycles. The molecule has 174 valence electrons. The van der Waals surface area contributed by atoms with Gasteiger partial charge in [-0.15, -0.1) is 0 Å². The minimum Gasteiger partial charge on any atom is -0.457 e. The summed E-state index contributed by atoms with van der Waals surface area (Å²) >= 11 is 0. The number of nitrogens with zero attached hydrogens (tertiary/aromatic N) is 4. The van der Waals surface area contributed by atoms with Gasteiger partial charge >= 0.3 is 6.18 Å². The van der Waals surface area contributed by atoms with Crippen LogP contribution in [0.5, 0.6) is 11.5 Å². The Morgan fingerprint density at radius 3 is 2.33 bits per heavy atom. The highest BCUT2D eigenvalue weighted by atomic mass is 19.4. The van der Waals surface area contributed by atoms with E-state index >= 15 is 0 Å². The van der Waals surface area contributed by atoms with Crippen molar-refractivity contribution in [3.05, 3.63) is 60.4 Å². The third-order valence-electron chi connectivity index (χ3n) is 4.17. The molecule has 2 aromatic carbocycles. The number of hydrogen-bond acceptors (Lipinski definition) is 8. The Labute approximate surface area is 187 Å². The first-order valence-electron chi connectivity index (χ1n) is 9.85. The van der Waals surface area contributed by atoms with Gasteiger partial charge in [-0.3, -0.25) is 5.41 Å². The SMILES string of the molecule is CCN(CC(F)(F)F)C(=N)OCc1nc(N)nc(Nc2ccc(Oc3ccccc3)cc2)n1. The first-order valence-corrected chi connectivity index (χ1v) is 9.85. The maximum absolute atomic E-state index is 12.6. The fourth-order valence-electron chi connectivity index (χ4n) is 2.69. The fourth-order valence-corrected chi connectivity index (χ4v) is 2.69. The highest BCUT2D eigenvalue weighted by Gasteiger charge is 2.31. The van der Waals surface area contributed by atoms with Crippen molar-refractivity contribution in [3.8, 4) is 11.5 Å². The van der Waals surface area contributed by atoms with Gasteiger partial charge in [-0.05, 0) is 43.3 Å². The average Bonchev–Trinajstić information content (AvgIpc) is 2.77. The maximum atomic E-state index is 12.6. The number of benzene rings is 2. The van der Waals surface area contributed by atoms with Crippen LogP contribution >= 0.6 is 0 Å². The Morgan fingerprint density at radius 1 is 1.03 bits per heavy atom. The topological polar surface area (TPSA) is 122 Å². The molecular weight excluding hydrogens is 439 g/mol. The van der Waals surface area contributed by atoms with Crippen LogP contribution in [0.2, 0.25) is 0 Å². The van der Waals surface area contributed by atoms with Gasteiger partial charge in [-0.25, -0.2) is 0 Å². The lowest BCUT2D eigenvalue weighted by Gasteiger charge is -2.23. The summed E-state index contributed by atoms with van der Waals surface area (Å²) in [6.45, 7) is -0.200. The summed E-state index contributed by atoms with van der Waals surface area (Å²) in [5.41, 5.74) is 6.35. The first-order chi connectivity index (χ1) is 15.7. The Balaban J connectivity index is 1.61. The lowest BCUT2D eigenvalue weighted by Crippen LogP contribution is -2.39. The van der Waals surface area contributed by atoms with Crippen molar-refractivity contribution in [2.75, 3.05) is 24.1 Å². The summed E-state index contributed by atoms with van der Waals surface area (Å²) in [5.74, 6) is 1.41. The minimum absolute atomic E-state index is 0.0472. The number of hydrogen-bond donors (Lipinski definition) is 3. The summed E-state index contributed by atoms with van der Waals surface area (Å²) in [6, 6.07) is 15.7. The van der Waals surface area contributed by atoms with Gasteiger partial charge in [-0.1, -0.05) is 18.2 Å². The molecule has 1 aromatic heterocycles. The largest absolute Gasteiger partial charge is 0.457 e. The number of ether oxygens (including phenoxy) is 2. The molecule has 12 heteroatoms. The molecule has 0 spiro atoms. The third kappa shape index (κ3) is 7.52. The molecule has 0 fully saturated rings. The molecule has 3 rings (SSSR count). The Hall–Kier alpha value is -4.09. The zero-order valence-corrected chi connectivity index (χ0v) is 17.6. The van der Waals surface area contributed by atoms with Gasteiger partial charge in [0, 0.05) is 12.2 Å². The van der Waals surface area contributed by atoms with Gasteiger partial charge in [0.15, 0.2) is 12.4 Å². The minimum atomic E-state index is -4.46. The van der Waals surface area contributed by atoms with Crippen LogP contribution in [-0.2, 0) is 11.3 Å². The molecule has 0 amide bonds. The van der Waals surface area contributed by atoms with E-state index in [0.717, 1.165) is 4.90 Å². The molecule has 0 radical (unpaired) electrons. The van der Waals surface area contributed by atoms with E-state index in [2.05, 4.69) is 20.3 Å². The lowest BCUT2D eigenvalue weighted by atomic mass is 10.3. The van der Waals surface area contributed by atoms with Crippen LogP contribution in [0.25, 0.3) is 0 Å². The van der Waals surface area contributed by atoms with Crippen molar-refractivity contribution in [2.24, 2.45) is 0 Å². The molecule has 1 heterocycles. The normalized spacial score (nSPS) is 11.0. The predicted octanol–water partition coefficient (Wildman–Crippen LogP) is 4.33. The van der Waals surface area contributed by atoms with Crippen LogP contribution in [-0.4, -0.2) is 45.1 Å². The molecule has 4 N–H and O–H groups in total. The standard InChI is InChI=1S/C21H22F3N7O2/c1-2-31(13-21(22,23)24)19(26)32-12-17-28-18(25)30-20(29-17)27-14-8-10-16(11-9-14)33-15-6-4-3-5-7-15/h3-11,26H,2,12-13H2,1H3,(H3,25,27,28,29,30). The Morgan fingerprint density at radius 2 is 1.70 bits per heavy atom. The van der Waals surface area contributed by atoms with Crippen molar-refractivity contribution in [3.63, 3.8) is 0 Å². The molecule has 0 unspecified atom stereocenters. The van der Waals surface area contributed by atoms with Crippen molar-refractivity contribution in [1.82, 2.24) is 19.9 Å². The van der Waals surface area contributed by atoms with Crippen LogP contribution < -0.4 is 15.8 Å². The van der Waals surface area contributed by atoms with Crippen LogP contribution in [0.3, 0.4) is 0 Å². The molecule has 0 bridgehead atoms. The van der Waals surface area contributed by atoms with Crippen molar-refractivity contribution < 1.29 is 22.6 Å². The van der Waals surface area contributed by atoms with Crippen molar-refractivity contribution in [2.45, 2.75) is 19.7 Å². The smallest absolute Gasteiger partial charge is 0.406 e. The van der Waals surface area contributed by atoms with E-state index in [1.165, 1.54) is 6.92 Å². The van der Waals surface area contributed by atoms with E-state index in [-0.39, 0.29) is 30.9 Å². The van der Waals surface area contributed by atoms with E-state index in [9.17, 15) is 13.2 Å². The average molecular weight is 461 g/mol. The molecule has 0 atom stereocenters. The van der Waals surface area contributed by atoms with Crippen LogP contribution in [0, 0.1) is 5.41 Å². The van der Waals surface area contributed by atoms with Crippen molar-refractivity contribution >= 4 is 23.6 Å². The van der Waals surface area contributed by atoms with E-state index < -0.39 is 18.7 Å². The zero-order chi connectivity index (χ0) is 23.8. The number of nitrogens with two attached hydrogens (primary N) is 1. The molecule has 0 saturated carbocycles. The van der Waals surface area contributed by atoms with Gasteiger partial charge in [-0.2, -0.15) is 28.1 Å². The maximum Gasteiger partial charge on any atom is 0.406 e. The van der Waals surface area contributed by atoms with Crippen molar-refractivity contribution in [1.29, 1.82) is 5.41 Å². The molecule has 0 saturated heterocycles. The van der Waals surface area contributed by atoms with Crippen LogP contribution in [0.1, 0.15) is 12.7 Å². The lowest BCUT2D eigenvalue weighted by molar-refractivity contribution is -0.139. The first kappa shape index (κ1) is 23.6. The summed E-state index contributed by atoms with van der Waals surface area (Å²) < 4.78 is 48.7. The number of alkyl halides is 3. The van der Waals surface area contributed by atoms with Gasteiger partial charge < -0.3 is 25.4 Å². The molecule has 0 aliphatic heterocycles. The number of para-hydroxylation sites is 1. The van der Waals surface area contributed by atoms with E-state index in [1.54, 1.807) is 24.3 Å². The predicted molar refractivity (Wildman–Crippen MR) is 116 cm³/mol. The van der Waals surface area contributed by atoms with E-state index in [0.29, 0.717) is 17.2 Å². The molecular formula is C21H22F3N7O2. The second-order valence-electron chi connectivity index (χ2n) is 6.72. The number of nitrogen functional groups attached to an aromatic ring is 1. The zero-order valence-electron chi connectivity index (χ0n) is 17.6. The number of halogens is 3. The Bertz CT molecular complexity index is 1060. The monoisotopic (exact) mass is 461 g/mol. The van der Waals surface area contributed by atoms with Gasteiger partial charge in [0.2, 0.25) is 11.9 Å². The number of aromatic nitrogens is 3. The molecule has 33 heavy (non-hydrogen) atoms. The van der Waals surface area contributed by atoms with Gasteiger partial charge in [0.05, 0.1) is 0 Å². The molecule has 0 aliphatic rings. The number of nitrogens with one attached hydrogen (secondary N) is 2. The number of amidine groups is 1. The van der Waals surface area contributed by atoms with Gasteiger partial charge in [0.25, 0.3) is 6.02 Å².